The van der Waals surface area contributed by atoms with E-state index in [4.69, 9.17) is 9.88 Å². The molecule has 1 heterocycles. The molecule has 2 aromatic rings. The van der Waals surface area contributed by atoms with Crippen molar-refractivity contribution in [2.75, 3.05) is 0 Å². The number of hydrogen-bond acceptors (Lipinski definition) is 5. The maximum absolute atomic E-state index is 13.7. The third-order valence-corrected chi connectivity index (χ3v) is 4.65. The standard InChI is InChI=1S/C12H12F2N2O3S2/c1-6-7(2)20-11(16-6)5-19-12-9(13)3-8(4-10(12)14)21(15,17)18/h3-4H,5H2,1-2H3,(H2,15,17,18). The van der Waals surface area contributed by atoms with Crippen LogP contribution in [0.15, 0.2) is 17.0 Å². The molecule has 0 aliphatic rings. The fraction of sp³-hybridized carbons (Fsp3) is 0.250. The number of aromatic nitrogens is 1. The van der Waals surface area contributed by atoms with E-state index in [1.54, 1.807) is 0 Å². The van der Waals surface area contributed by atoms with Gasteiger partial charge in [-0.15, -0.1) is 11.3 Å². The minimum atomic E-state index is -4.18. The summed E-state index contributed by atoms with van der Waals surface area (Å²) < 4.78 is 54.6. The lowest BCUT2D eigenvalue weighted by molar-refractivity contribution is 0.272. The summed E-state index contributed by atoms with van der Waals surface area (Å²) in [7, 11) is -4.18. The third kappa shape index (κ3) is 3.55. The van der Waals surface area contributed by atoms with Gasteiger partial charge in [0.2, 0.25) is 10.0 Å². The first-order chi connectivity index (χ1) is 9.68. The fourth-order valence-corrected chi connectivity index (χ4v) is 2.96. The monoisotopic (exact) mass is 334 g/mol. The molecular formula is C12H12F2N2O3S2. The maximum Gasteiger partial charge on any atom is 0.238 e. The average Bonchev–Trinajstić information content (AvgIpc) is 2.66. The SMILES string of the molecule is Cc1nc(COc2c(F)cc(S(N)(=O)=O)cc2F)sc1C. The Balaban J connectivity index is 2.25. The van der Waals surface area contributed by atoms with Crippen LogP contribution in [-0.2, 0) is 16.6 Å². The van der Waals surface area contributed by atoms with Crippen molar-refractivity contribution >= 4 is 21.4 Å². The normalized spacial score (nSPS) is 11.7. The van der Waals surface area contributed by atoms with Crippen molar-refractivity contribution in [3.8, 4) is 5.75 Å². The van der Waals surface area contributed by atoms with E-state index in [-0.39, 0.29) is 6.61 Å². The second kappa shape index (κ2) is 5.66. The van der Waals surface area contributed by atoms with Gasteiger partial charge < -0.3 is 4.74 Å². The summed E-state index contributed by atoms with van der Waals surface area (Å²) in [5.74, 6) is -2.93. The van der Waals surface area contributed by atoms with Crippen LogP contribution in [-0.4, -0.2) is 13.4 Å². The van der Waals surface area contributed by atoms with Crippen molar-refractivity contribution in [1.82, 2.24) is 4.98 Å². The Hall–Kier alpha value is -1.58. The molecular weight excluding hydrogens is 322 g/mol. The highest BCUT2D eigenvalue weighted by atomic mass is 32.2. The van der Waals surface area contributed by atoms with Gasteiger partial charge in [0.15, 0.2) is 17.4 Å². The number of nitrogens with two attached hydrogens (primary N) is 1. The van der Waals surface area contributed by atoms with Gasteiger partial charge in [-0.3, -0.25) is 0 Å². The molecule has 2 N–H and O–H groups in total. The zero-order valence-corrected chi connectivity index (χ0v) is 12.8. The number of thiazole rings is 1. The molecule has 0 saturated carbocycles. The molecule has 9 heteroatoms. The Bertz CT molecular complexity index is 745. The lowest BCUT2D eigenvalue weighted by atomic mass is 10.3. The second-order valence-electron chi connectivity index (χ2n) is 4.30. The zero-order valence-electron chi connectivity index (χ0n) is 11.2. The number of sulfonamides is 1. The Kier molecular flexibility index (Phi) is 4.26. The van der Waals surface area contributed by atoms with Gasteiger partial charge in [0, 0.05) is 4.88 Å². The molecule has 0 radical (unpaired) electrons. The summed E-state index contributed by atoms with van der Waals surface area (Å²) in [6.45, 7) is 3.58. The number of nitrogens with zero attached hydrogens (tertiary/aromatic N) is 1. The molecule has 0 aliphatic carbocycles. The second-order valence-corrected chi connectivity index (χ2v) is 7.15. The summed E-state index contributed by atoms with van der Waals surface area (Å²) >= 11 is 1.36. The average molecular weight is 334 g/mol. The molecule has 0 spiro atoms. The molecule has 0 saturated heterocycles. The van der Waals surface area contributed by atoms with E-state index in [9.17, 15) is 17.2 Å². The number of aryl methyl sites for hydroxylation is 2. The molecule has 0 bridgehead atoms. The van der Waals surface area contributed by atoms with Crippen LogP contribution < -0.4 is 9.88 Å². The zero-order chi connectivity index (χ0) is 15.8. The lowest BCUT2D eigenvalue weighted by Crippen LogP contribution is -2.13. The summed E-state index contributed by atoms with van der Waals surface area (Å²) in [6, 6.07) is 1.23. The van der Waals surface area contributed by atoms with Crippen LogP contribution in [0.3, 0.4) is 0 Å². The molecule has 21 heavy (non-hydrogen) atoms. The molecule has 0 amide bonds. The number of halogens is 2. The van der Waals surface area contributed by atoms with E-state index >= 15 is 0 Å². The van der Waals surface area contributed by atoms with Crippen molar-refractivity contribution in [3.63, 3.8) is 0 Å². The van der Waals surface area contributed by atoms with E-state index in [0.717, 1.165) is 10.6 Å². The van der Waals surface area contributed by atoms with Crippen LogP contribution in [0.2, 0.25) is 0 Å². The van der Waals surface area contributed by atoms with E-state index in [1.165, 1.54) is 11.3 Å². The molecule has 5 nitrogen and oxygen atoms in total. The van der Waals surface area contributed by atoms with Gasteiger partial charge in [-0.25, -0.2) is 27.3 Å². The van der Waals surface area contributed by atoms with Gasteiger partial charge in [-0.2, -0.15) is 0 Å². The summed E-state index contributed by atoms with van der Waals surface area (Å²) in [5.41, 5.74) is 0.823. The van der Waals surface area contributed by atoms with Gasteiger partial charge in [0.1, 0.15) is 11.6 Å². The van der Waals surface area contributed by atoms with Crippen molar-refractivity contribution in [3.05, 3.63) is 39.3 Å². The van der Waals surface area contributed by atoms with Gasteiger partial charge in [0.25, 0.3) is 0 Å². The molecule has 0 atom stereocenters. The molecule has 0 fully saturated rings. The molecule has 114 valence electrons. The first-order valence-corrected chi connectivity index (χ1v) is 8.12. The van der Waals surface area contributed by atoms with Crippen LogP contribution >= 0.6 is 11.3 Å². The predicted molar refractivity (Wildman–Crippen MR) is 73.7 cm³/mol. The van der Waals surface area contributed by atoms with Crippen LogP contribution in [0, 0.1) is 25.5 Å². The van der Waals surface area contributed by atoms with Gasteiger partial charge >= 0.3 is 0 Å². The van der Waals surface area contributed by atoms with Crippen LogP contribution in [0.4, 0.5) is 8.78 Å². The smallest absolute Gasteiger partial charge is 0.238 e. The maximum atomic E-state index is 13.7. The largest absolute Gasteiger partial charge is 0.480 e. The van der Waals surface area contributed by atoms with E-state index in [2.05, 4.69) is 4.98 Å². The Labute approximate surface area is 124 Å². The molecule has 1 aromatic heterocycles. The minimum Gasteiger partial charge on any atom is -0.480 e. The Morgan fingerprint density at radius 1 is 1.29 bits per heavy atom. The highest BCUT2D eigenvalue weighted by Crippen LogP contribution is 2.26. The number of hydrogen-bond donors (Lipinski definition) is 1. The van der Waals surface area contributed by atoms with Gasteiger partial charge in [-0.1, -0.05) is 0 Å². The van der Waals surface area contributed by atoms with Crippen LogP contribution in [0.5, 0.6) is 5.75 Å². The summed E-state index contributed by atoms with van der Waals surface area (Å²) in [6.07, 6.45) is 0. The minimum absolute atomic E-state index is 0.109. The van der Waals surface area contributed by atoms with E-state index in [1.807, 2.05) is 13.8 Å². The number of benzene rings is 1. The fourth-order valence-electron chi connectivity index (χ4n) is 1.57. The highest BCUT2D eigenvalue weighted by molar-refractivity contribution is 7.89. The van der Waals surface area contributed by atoms with Crippen molar-refractivity contribution in [1.29, 1.82) is 0 Å². The first kappa shape index (κ1) is 15.8. The summed E-state index contributed by atoms with van der Waals surface area (Å²) in [4.78, 5) is 4.51. The third-order valence-electron chi connectivity index (χ3n) is 2.71. The van der Waals surface area contributed by atoms with Crippen LogP contribution in [0.1, 0.15) is 15.6 Å². The van der Waals surface area contributed by atoms with Crippen LogP contribution in [0.25, 0.3) is 0 Å². The topological polar surface area (TPSA) is 82.3 Å². The number of ether oxygens (including phenoxy) is 1. The van der Waals surface area contributed by atoms with Crippen molar-refractivity contribution in [2.24, 2.45) is 5.14 Å². The number of primary sulfonamides is 1. The van der Waals surface area contributed by atoms with Gasteiger partial charge in [-0.05, 0) is 26.0 Å². The Morgan fingerprint density at radius 2 is 1.86 bits per heavy atom. The first-order valence-electron chi connectivity index (χ1n) is 5.76. The Morgan fingerprint density at radius 3 is 2.29 bits per heavy atom. The lowest BCUT2D eigenvalue weighted by Gasteiger charge is -2.08. The van der Waals surface area contributed by atoms with Crippen molar-refractivity contribution < 1.29 is 21.9 Å². The van der Waals surface area contributed by atoms with Crippen molar-refractivity contribution in [2.45, 2.75) is 25.3 Å². The quantitative estimate of drug-likeness (QED) is 0.930. The molecule has 1 aromatic carbocycles. The summed E-state index contributed by atoms with van der Waals surface area (Å²) in [5, 5.41) is 5.39. The van der Waals surface area contributed by atoms with Gasteiger partial charge in [0.05, 0.1) is 10.6 Å². The van der Waals surface area contributed by atoms with E-state index in [0.29, 0.717) is 17.1 Å². The predicted octanol–water partition coefficient (Wildman–Crippen LogP) is 2.26. The molecule has 2 rings (SSSR count). The number of rotatable bonds is 4. The molecule has 0 unspecified atom stereocenters. The highest BCUT2D eigenvalue weighted by Gasteiger charge is 2.18. The van der Waals surface area contributed by atoms with E-state index < -0.39 is 32.3 Å². The molecule has 0 aliphatic heterocycles.